The van der Waals surface area contributed by atoms with E-state index in [1.807, 2.05) is 27.7 Å². The van der Waals surface area contributed by atoms with Crippen molar-refractivity contribution in [1.82, 2.24) is 5.32 Å². The highest BCUT2D eigenvalue weighted by molar-refractivity contribution is 5.67. The van der Waals surface area contributed by atoms with Crippen molar-refractivity contribution in [1.29, 1.82) is 0 Å². The molecule has 0 fully saturated rings. The van der Waals surface area contributed by atoms with Crippen LogP contribution in [0.3, 0.4) is 0 Å². The number of nitrogens with two attached hydrogens (primary N) is 1. The molecule has 0 saturated carbocycles. The zero-order valence-electron chi connectivity index (χ0n) is 9.54. The van der Waals surface area contributed by atoms with Crippen LogP contribution in [0.2, 0.25) is 0 Å². The number of carbonyl (C=O) groups is 1. The molecule has 4 heteroatoms. The summed E-state index contributed by atoms with van der Waals surface area (Å²) >= 11 is 0. The lowest BCUT2D eigenvalue weighted by Gasteiger charge is -2.20. The molecule has 0 aliphatic carbocycles. The van der Waals surface area contributed by atoms with E-state index >= 15 is 0 Å². The van der Waals surface area contributed by atoms with Crippen LogP contribution in [0.15, 0.2) is 0 Å². The fourth-order valence-electron chi connectivity index (χ4n) is 0.933. The molecule has 0 spiro atoms. The van der Waals surface area contributed by atoms with Crippen LogP contribution in [0.1, 0.15) is 27.7 Å². The van der Waals surface area contributed by atoms with Crippen molar-refractivity contribution < 1.29 is 9.53 Å². The first-order valence-electron chi connectivity index (χ1n) is 5.10. The molecule has 0 rings (SSSR count). The summed E-state index contributed by atoms with van der Waals surface area (Å²) in [5.74, 6) is 0.683. The highest BCUT2D eigenvalue weighted by Crippen LogP contribution is 2.00. The zero-order chi connectivity index (χ0) is 11.1. The smallest absolute Gasteiger partial charge is 0.407 e. The summed E-state index contributed by atoms with van der Waals surface area (Å²) in [6.45, 7) is 8.91. The summed E-state index contributed by atoms with van der Waals surface area (Å²) in [6.07, 6.45) is -0.372. The van der Waals surface area contributed by atoms with Gasteiger partial charge in [0.2, 0.25) is 0 Å². The van der Waals surface area contributed by atoms with Crippen molar-refractivity contribution in [2.75, 3.05) is 13.2 Å². The van der Waals surface area contributed by atoms with Gasteiger partial charge < -0.3 is 15.8 Å². The van der Waals surface area contributed by atoms with E-state index < -0.39 is 0 Å². The van der Waals surface area contributed by atoms with Crippen LogP contribution in [0.4, 0.5) is 4.79 Å². The van der Waals surface area contributed by atoms with Crippen LogP contribution < -0.4 is 11.1 Å². The summed E-state index contributed by atoms with van der Waals surface area (Å²) in [5.41, 5.74) is 5.51. The lowest BCUT2D eigenvalue weighted by Crippen LogP contribution is -2.44. The quantitative estimate of drug-likeness (QED) is 0.707. The average Bonchev–Trinajstić information content (AvgIpc) is 2.10. The number of ether oxygens (including phenoxy) is 1. The van der Waals surface area contributed by atoms with E-state index in [2.05, 4.69) is 5.32 Å². The molecule has 14 heavy (non-hydrogen) atoms. The van der Waals surface area contributed by atoms with Crippen molar-refractivity contribution in [2.24, 2.45) is 17.6 Å². The topological polar surface area (TPSA) is 64.3 Å². The minimum absolute atomic E-state index is 0.00494. The first-order valence-corrected chi connectivity index (χ1v) is 5.10. The Labute approximate surface area is 86.2 Å². The van der Waals surface area contributed by atoms with E-state index in [-0.39, 0.29) is 12.1 Å². The van der Waals surface area contributed by atoms with Crippen molar-refractivity contribution >= 4 is 6.09 Å². The van der Waals surface area contributed by atoms with Gasteiger partial charge in [-0.3, -0.25) is 0 Å². The lowest BCUT2D eigenvalue weighted by atomic mass is 10.1. The molecule has 1 unspecified atom stereocenters. The minimum Gasteiger partial charge on any atom is -0.449 e. The molecule has 84 valence electrons. The average molecular weight is 202 g/mol. The Morgan fingerprint density at radius 2 is 1.93 bits per heavy atom. The molecule has 0 aromatic heterocycles. The fraction of sp³-hybridized carbons (Fsp3) is 0.900. The standard InChI is InChI=1S/C10H22N2O2/c1-7(2)6-14-10(13)12-9(5-11)8(3)4/h7-9H,5-6,11H2,1-4H3,(H,12,13). The van der Waals surface area contributed by atoms with Gasteiger partial charge in [-0.25, -0.2) is 4.79 Å². The Morgan fingerprint density at radius 3 is 2.29 bits per heavy atom. The Hall–Kier alpha value is -0.770. The first kappa shape index (κ1) is 13.2. The molecular weight excluding hydrogens is 180 g/mol. The normalized spacial score (nSPS) is 13.1. The predicted molar refractivity (Wildman–Crippen MR) is 57.0 cm³/mol. The van der Waals surface area contributed by atoms with Crippen LogP contribution >= 0.6 is 0 Å². The minimum atomic E-state index is -0.372. The lowest BCUT2D eigenvalue weighted by molar-refractivity contribution is 0.127. The van der Waals surface area contributed by atoms with Gasteiger partial charge in [-0.1, -0.05) is 27.7 Å². The molecular formula is C10H22N2O2. The van der Waals surface area contributed by atoms with Crippen LogP contribution in [-0.4, -0.2) is 25.3 Å². The van der Waals surface area contributed by atoms with Gasteiger partial charge in [-0.05, 0) is 11.8 Å². The Bertz CT molecular complexity index is 170. The second kappa shape index (κ2) is 6.65. The summed E-state index contributed by atoms with van der Waals surface area (Å²) in [7, 11) is 0. The molecule has 0 aromatic rings. The van der Waals surface area contributed by atoms with Gasteiger partial charge in [-0.15, -0.1) is 0 Å². The van der Waals surface area contributed by atoms with Gasteiger partial charge in [0.1, 0.15) is 0 Å². The highest BCUT2D eigenvalue weighted by atomic mass is 16.5. The van der Waals surface area contributed by atoms with Crippen molar-refractivity contribution in [3.8, 4) is 0 Å². The van der Waals surface area contributed by atoms with Gasteiger partial charge >= 0.3 is 6.09 Å². The van der Waals surface area contributed by atoms with E-state index in [9.17, 15) is 4.79 Å². The third-order valence-electron chi connectivity index (χ3n) is 1.91. The maximum absolute atomic E-state index is 11.2. The van der Waals surface area contributed by atoms with Gasteiger partial charge in [0.05, 0.1) is 6.61 Å². The molecule has 3 N–H and O–H groups in total. The fourth-order valence-corrected chi connectivity index (χ4v) is 0.933. The number of hydrogen-bond acceptors (Lipinski definition) is 3. The molecule has 0 aromatic carbocycles. The molecule has 0 saturated heterocycles. The zero-order valence-corrected chi connectivity index (χ0v) is 9.54. The number of nitrogens with one attached hydrogen (secondary N) is 1. The van der Waals surface area contributed by atoms with E-state index in [0.717, 1.165) is 0 Å². The van der Waals surface area contributed by atoms with Crippen molar-refractivity contribution in [3.63, 3.8) is 0 Å². The molecule has 1 amide bonds. The maximum atomic E-state index is 11.2. The summed E-state index contributed by atoms with van der Waals surface area (Å²) < 4.78 is 4.98. The van der Waals surface area contributed by atoms with E-state index in [4.69, 9.17) is 10.5 Å². The van der Waals surface area contributed by atoms with E-state index in [1.165, 1.54) is 0 Å². The van der Waals surface area contributed by atoms with E-state index in [1.54, 1.807) is 0 Å². The second-order valence-corrected chi connectivity index (χ2v) is 4.22. The van der Waals surface area contributed by atoms with Crippen molar-refractivity contribution in [3.05, 3.63) is 0 Å². The first-order chi connectivity index (χ1) is 6.47. The Balaban J connectivity index is 3.79. The Morgan fingerprint density at radius 1 is 1.36 bits per heavy atom. The van der Waals surface area contributed by atoms with Gasteiger partial charge in [-0.2, -0.15) is 0 Å². The Kier molecular flexibility index (Phi) is 6.28. The molecule has 0 bridgehead atoms. The number of carbonyl (C=O) groups excluding carboxylic acids is 1. The van der Waals surface area contributed by atoms with Gasteiger partial charge in [0, 0.05) is 12.6 Å². The molecule has 4 nitrogen and oxygen atoms in total. The van der Waals surface area contributed by atoms with Crippen LogP contribution in [0, 0.1) is 11.8 Å². The molecule has 0 radical (unpaired) electrons. The monoisotopic (exact) mass is 202 g/mol. The van der Waals surface area contributed by atoms with Crippen LogP contribution in [0.5, 0.6) is 0 Å². The predicted octanol–water partition coefficient (Wildman–Crippen LogP) is 1.35. The number of hydrogen-bond donors (Lipinski definition) is 2. The number of rotatable bonds is 5. The third-order valence-corrected chi connectivity index (χ3v) is 1.91. The van der Waals surface area contributed by atoms with Gasteiger partial charge in [0.15, 0.2) is 0 Å². The van der Waals surface area contributed by atoms with Gasteiger partial charge in [0.25, 0.3) is 0 Å². The SMILES string of the molecule is CC(C)COC(=O)NC(CN)C(C)C. The summed E-state index contributed by atoms with van der Waals surface area (Å²) in [6, 6.07) is -0.00494. The maximum Gasteiger partial charge on any atom is 0.407 e. The largest absolute Gasteiger partial charge is 0.449 e. The highest BCUT2D eigenvalue weighted by Gasteiger charge is 2.14. The number of alkyl carbamates (subject to hydrolysis) is 1. The van der Waals surface area contributed by atoms with E-state index in [0.29, 0.717) is 25.0 Å². The molecule has 0 heterocycles. The number of amides is 1. The summed E-state index contributed by atoms with van der Waals surface area (Å²) in [5, 5.41) is 2.74. The van der Waals surface area contributed by atoms with Crippen LogP contribution in [0.25, 0.3) is 0 Å². The van der Waals surface area contributed by atoms with Crippen molar-refractivity contribution in [2.45, 2.75) is 33.7 Å². The summed E-state index contributed by atoms with van der Waals surface area (Å²) in [4.78, 5) is 11.2. The second-order valence-electron chi connectivity index (χ2n) is 4.22. The third kappa shape index (κ3) is 5.80. The molecule has 0 aliphatic heterocycles. The molecule has 0 aliphatic rings. The molecule has 1 atom stereocenters. The van der Waals surface area contributed by atoms with Crippen LogP contribution in [-0.2, 0) is 4.74 Å².